The van der Waals surface area contributed by atoms with Crippen molar-refractivity contribution in [2.45, 2.75) is 51.4 Å². The number of para-hydroxylation sites is 1. The SMILES string of the molecule is COc1cccc2c1nc(N)n1nc(C3CC(F)CN(c4cnn(CC(C)(C)O)c4C)C3)nc21. The number of methoxy groups -OCH3 is 1. The normalized spacial score (nSPS) is 19.3. The number of benzene rings is 1. The van der Waals surface area contributed by atoms with E-state index in [4.69, 9.17) is 15.5 Å². The number of rotatable bonds is 5. The molecule has 0 saturated carbocycles. The Labute approximate surface area is 196 Å². The molecule has 4 heterocycles. The number of hydrogen-bond donors (Lipinski definition) is 2. The Hall–Kier alpha value is -3.47. The highest BCUT2D eigenvalue weighted by atomic mass is 19.1. The maximum atomic E-state index is 14.9. The highest BCUT2D eigenvalue weighted by Gasteiger charge is 2.33. The molecule has 180 valence electrons. The van der Waals surface area contributed by atoms with Crippen molar-refractivity contribution in [3.8, 4) is 5.75 Å². The highest BCUT2D eigenvalue weighted by molar-refractivity contribution is 5.95. The third kappa shape index (κ3) is 3.89. The third-order valence-electron chi connectivity index (χ3n) is 6.25. The van der Waals surface area contributed by atoms with Crippen LogP contribution >= 0.6 is 0 Å². The van der Waals surface area contributed by atoms with E-state index in [0.29, 0.717) is 42.2 Å². The lowest BCUT2D eigenvalue weighted by Gasteiger charge is -2.34. The van der Waals surface area contributed by atoms with Crippen LogP contribution in [0, 0.1) is 6.92 Å². The Bertz CT molecular complexity index is 1360. The Morgan fingerprint density at radius 2 is 2.06 bits per heavy atom. The van der Waals surface area contributed by atoms with E-state index >= 15 is 0 Å². The summed E-state index contributed by atoms with van der Waals surface area (Å²) in [5, 5.41) is 20.0. The van der Waals surface area contributed by atoms with Crippen molar-refractivity contribution >= 4 is 28.2 Å². The van der Waals surface area contributed by atoms with Gasteiger partial charge in [-0.1, -0.05) is 6.07 Å². The third-order valence-corrected chi connectivity index (χ3v) is 6.25. The van der Waals surface area contributed by atoms with Crippen LogP contribution in [0.15, 0.2) is 24.4 Å². The van der Waals surface area contributed by atoms with E-state index in [0.717, 1.165) is 16.8 Å². The lowest BCUT2D eigenvalue weighted by Crippen LogP contribution is -2.41. The van der Waals surface area contributed by atoms with Crippen LogP contribution in [0.2, 0.25) is 0 Å². The van der Waals surface area contributed by atoms with Gasteiger partial charge in [-0.25, -0.2) is 14.4 Å². The number of ether oxygens (including phenoxy) is 1. The van der Waals surface area contributed by atoms with Crippen molar-refractivity contribution in [2.24, 2.45) is 0 Å². The van der Waals surface area contributed by atoms with Crippen molar-refractivity contribution in [3.63, 3.8) is 0 Å². The Morgan fingerprint density at radius 3 is 2.79 bits per heavy atom. The predicted molar refractivity (Wildman–Crippen MR) is 127 cm³/mol. The molecule has 1 saturated heterocycles. The van der Waals surface area contributed by atoms with E-state index in [9.17, 15) is 9.50 Å². The second-order valence-electron chi connectivity index (χ2n) is 9.55. The molecule has 3 aromatic heterocycles. The van der Waals surface area contributed by atoms with Gasteiger partial charge in [0.1, 0.15) is 17.4 Å². The number of fused-ring (bicyclic) bond motifs is 3. The first-order valence-corrected chi connectivity index (χ1v) is 11.3. The smallest absolute Gasteiger partial charge is 0.223 e. The van der Waals surface area contributed by atoms with Crippen molar-refractivity contribution in [1.29, 1.82) is 0 Å². The van der Waals surface area contributed by atoms with Crippen LogP contribution in [0.5, 0.6) is 5.75 Å². The van der Waals surface area contributed by atoms with Crippen LogP contribution in [0.4, 0.5) is 16.0 Å². The largest absolute Gasteiger partial charge is 0.494 e. The van der Waals surface area contributed by atoms with E-state index < -0.39 is 11.8 Å². The standard InChI is InChI=1S/C23H29FN8O2/c1-13-17(9-26-31(13)12-23(2,3)33)30-10-14(8-15(24)11-30)20-28-21-16-6-5-7-18(34-4)19(16)27-22(25)32(21)29-20/h5-7,9,14-15,33H,8,10-12H2,1-4H3,(H2,25,27). The van der Waals surface area contributed by atoms with E-state index in [1.54, 1.807) is 31.8 Å². The maximum Gasteiger partial charge on any atom is 0.223 e. The molecule has 2 atom stereocenters. The molecule has 1 aliphatic heterocycles. The lowest BCUT2D eigenvalue weighted by molar-refractivity contribution is 0.0571. The topological polar surface area (TPSA) is 120 Å². The minimum absolute atomic E-state index is 0.193. The number of nitrogens with two attached hydrogens (primary N) is 1. The summed E-state index contributed by atoms with van der Waals surface area (Å²) >= 11 is 0. The van der Waals surface area contributed by atoms with Crippen molar-refractivity contribution in [1.82, 2.24) is 29.4 Å². The van der Waals surface area contributed by atoms with Gasteiger partial charge >= 0.3 is 0 Å². The summed E-state index contributed by atoms with van der Waals surface area (Å²) in [7, 11) is 1.58. The van der Waals surface area contributed by atoms with Crippen molar-refractivity contribution < 1.29 is 14.2 Å². The minimum atomic E-state index is -1.05. The molecule has 5 rings (SSSR count). The summed E-state index contributed by atoms with van der Waals surface area (Å²) in [5.74, 6) is 1.08. The number of aliphatic hydroxyl groups is 1. The molecule has 11 heteroatoms. The Balaban J connectivity index is 1.50. The zero-order valence-electron chi connectivity index (χ0n) is 19.7. The second-order valence-corrected chi connectivity index (χ2v) is 9.55. The first-order valence-electron chi connectivity index (χ1n) is 11.3. The van der Waals surface area contributed by atoms with Crippen LogP contribution in [-0.2, 0) is 6.54 Å². The maximum absolute atomic E-state index is 14.9. The molecule has 34 heavy (non-hydrogen) atoms. The van der Waals surface area contributed by atoms with Crippen LogP contribution < -0.4 is 15.4 Å². The molecule has 4 aromatic rings. The van der Waals surface area contributed by atoms with Gasteiger partial charge in [-0.15, -0.1) is 5.10 Å². The summed E-state index contributed by atoms with van der Waals surface area (Å²) in [6.45, 7) is 6.56. The fourth-order valence-electron chi connectivity index (χ4n) is 4.67. The first kappa shape index (κ1) is 22.3. The quantitative estimate of drug-likeness (QED) is 0.458. The molecule has 0 radical (unpaired) electrons. The van der Waals surface area contributed by atoms with Crippen LogP contribution in [0.25, 0.3) is 16.6 Å². The molecule has 0 spiro atoms. The number of alkyl halides is 1. The molecule has 3 N–H and O–H groups in total. The number of aromatic nitrogens is 6. The minimum Gasteiger partial charge on any atom is -0.494 e. The number of piperidine rings is 1. The van der Waals surface area contributed by atoms with Crippen LogP contribution in [0.3, 0.4) is 0 Å². The Morgan fingerprint density at radius 1 is 1.26 bits per heavy atom. The van der Waals surface area contributed by atoms with Gasteiger partial charge < -0.3 is 20.5 Å². The molecule has 1 aliphatic rings. The van der Waals surface area contributed by atoms with E-state index in [2.05, 4.69) is 15.2 Å². The fraction of sp³-hybridized carbons (Fsp3) is 0.478. The highest BCUT2D eigenvalue weighted by Crippen LogP contribution is 2.33. The second kappa shape index (κ2) is 8.08. The number of nitrogen functional groups attached to an aromatic ring is 1. The molecule has 0 bridgehead atoms. The Kier molecular flexibility index (Phi) is 5.31. The number of halogens is 1. The van der Waals surface area contributed by atoms with E-state index in [1.165, 1.54) is 4.52 Å². The van der Waals surface area contributed by atoms with Crippen molar-refractivity contribution in [2.75, 3.05) is 30.8 Å². The van der Waals surface area contributed by atoms with Crippen LogP contribution in [-0.4, -0.2) is 66.4 Å². The number of nitrogens with zero attached hydrogens (tertiary/aromatic N) is 7. The summed E-state index contributed by atoms with van der Waals surface area (Å²) in [6, 6.07) is 5.57. The van der Waals surface area contributed by atoms with Gasteiger partial charge in [-0.2, -0.15) is 9.61 Å². The van der Waals surface area contributed by atoms with Crippen molar-refractivity contribution in [3.05, 3.63) is 35.9 Å². The zero-order valence-corrected chi connectivity index (χ0v) is 19.7. The summed E-state index contributed by atoms with van der Waals surface area (Å²) in [4.78, 5) is 11.2. The van der Waals surface area contributed by atoms with Gasteiger partial charge in [-0.3, -0.25) is 4.68 Å². The van der Waals surface area contributed by atoms with Crippen LogP contribution in [0.1, 0.15) is 37.7 Å². The van der Waals surface area contributed by atoms with Gasteiger partial charge in [0, 0.05) is 24.4 Å². The summed E-state index contributed by atoms with van der Waals surface area (Å²) in [5.41, 5.74) is 8.18. The van der Waals surface area contributed by atoms with Gasteiger partial charge in [0.2, 0.25) is 5.95 Å². The van der Waals surface area contributed by atoms with E-state index in [-0.39, 0.29) is 18.4 Å². The van der Waals surface area contributed by atoms with E-state index in [1.807, 2.05) is 30.0 Å². The molecular weight excluding hydrogens is 439 g/mol. The first-order chi connectivity index (χ1) is 16.1. The molecule has 10 nitrogen and oxygen atoms in total. The molecule has 1 fully saturated rings. The monoisotopic (exact) mass is 468 g/mol. The fourth-order valence-corrected chi connectivity index (χ4v) is 4.67. The number of anilines is 2. The lowest BCUT2D eigenvalue weighted by atomic mass is 9.95. The zero-order chi connectivity index (χ0) is 24.2. The predicted octanol–water partition coefficient (Wildman–Crippen LogP) is 2.48. The molecule has 0 aliphatic carbocycles. The molecular formula is C23H29FN8O2. The number of hydrogen-bond acceptors (Lipinski definition) is 8. The average molecular weight is 469 g/mol. The molecule has 1 aromatic carbocycles. The summed E-state index contributed by atoms with van der Waals surface area (Å²) in [6.07, 6.45) is 1.00. The molecule has 2 unspecified atom stereocenters. The van der Waals surface area contributed by atoms with Gasteiger partial charge in [0.05, 0.1) is 36.8 Å². The average Bonchev–Trinajstić information content (AvgIpc) is 3.37. The van der Waals surface area contributed by atoms with Gasteiger partial charge in [0.15, 0.2) is 11.5 Å². The van der Waals surface area contributed by atoms with Gasteiger partial charge in [-0.05, 0) is 39.3 Å². The molecule has 0 amide bonds. The summed E-state index contributed by atoms with van der Waals surface area (Å²) < 4.78 is 23.6. The van der Waals surface area contributed by atoms with Gasteiger partial charge in [0.25, 0.3) is 0 Å².